The molecule has 0 radical (unpaired) electrons. The van der Waals surface area contributed by atoms with Gasteiger partial charge in [-0.05, 0) is 53.3 Å². The maximum absolute atomic E-state index is 9.75. The first kappa shape index (κ1) is 12.0. The van der Waals surface area contributed by atoms with E-state index in [2.05, 4.69) is 0 Å². The molecule has 2 aromatic carbocycles. The van der Waals surface area contributed by atoms with Gasteiger partial charge in [-0.1, -0.05) is 0 Å². The molecule has 0 aliphatic heterocycles. The van der Waals surface area contributed by atoms with Gasteiger partial charge in [0.05, 0.1) is 0 Å². The van der Waals surface area contributed by atoms with Crippen LogP contribution in [0.2, 0.25) is 0 Å². The average molecular weight is 244 g/mol. The van der Waals surface area contributed by atoms with E-state index < -0.39 is 0 Å². The molecule has 0 aliphatic rings. The van der Waals surface area contributed by atoms with Crippen LogP contribution in [0.25, 0.3) is 0 Å². The molecule has 0 unspecified atom stereocenters. The van der Waals surface area contributed by atoms with Gasteiger partial charge in [-0.15, -0.1) is 0 Å². The molecule has 0 spiro atoms. The summed E-state index contributed by atoms with van der Waals surface area (Å²) in [5.74, 6) is 0.390. The van der Waals surface area contributed by atoms with Crippen molar-refractivity contribution >= 4 is 6.21 Å². The van der Waals surface area contributed by atoms with Crippen LogP contribution in [0.1, 0.15) is 11.1 Å². The molecule has 0 amide bonds. The van der Waals surface area contributed by atoms with Gasteiger partial charge in [0.25, 0.3) is 0 Å². The highest BCUT2D eigenvalue weighted by Gasteiger charge is 2.04. The van der Waals surface area contributed by atoms with Crippen molar-refractivity contribution in [3.8, 4) is 11.5 Å². The Morgan fingerprint density at radius 2 is 1.33 bits per heavy atom. The molecule has 0 saturated heterocycles. The lowest BCUT2D eigenvalue weighted by atomic mass is 10.2. The molecular weight excluding hydrogens is 230 g/mol. The van der Waals surface area contributed by atoms with Crippen LogP contribution in [0.15, 0.2) is 48.5 Å². The lowest BCUT2D eigenvalue weighted by Crippen LogP contribution is -2.08. The van der Waals surface area contributed by atoms with Crippen molar-refractivity contribution in [3.63, 3.8) is 0 Å². The number of phenols is 2. The normalized spacial score (nSPS) is 11.4. The van der Waals surface area contributed by atoms with Crippen molar-refractivity contribution in [1.82, 2.24) is 0 Å². The Balaban J connectivity index is 2.09. The third-order valence-electron chi connectivity index (χ3n) is 2.47. The lowest BCUT2D eigenvalue weighted by Gasteiger charge is -1.97. The number of nitrogens with zero attached hydrogens (tertiary/aromatic N) is 1. The van der Waals surface area contributed by atoms with E-state index in [1.54, 1.807) is 54.7 Å². The van der Waals surface area contributed by atoms with E-state index in [4.69, 9.17) is 10.2 Å². The minimum atomic E-state index is 0.190. The Kier molecular flexibility index (Phi) is 3.48. The highest BCUT2D eigenvalue weighted by Crippen LogP contribution is 2.10. The van der Waals surface area contributed by atoms with Crippen molar-refractivity contribution in [1.29, 1.82) is 0 Å². The van der Waals surface area contributed by atoms with E-state index in [1.165, 1.54) is 0 Å². The first-order valence-corrected chi connectivity index (χ1v) is 5.51. The lowest BCUT2D eigenvalue weighted by molar-refractivity contribution is -0.783. The van der Waals surface area contributed by atoms with Crippen LogP contribution in [0.5, 0.6) is 11.5 Å². The number of hydroxylamine groups is 1. The molecule has 0 bridgehead atoms. The van der Waals surface area contributed by atoms with Gasteiger partial charge in [0.15, 0.2) is 0 Å². The summed E-state index contributed by atoms with van der Waals surface area (Å²) in [7, 11) is 0. The van der Waals surface area contributed by atoms with Gasteiger partial charge in [0, 0.05) is 11.1 Å². The summed E-state index contributed by atoms with van der Waals surface area (Å²) in [6.07, 6.45) is 1.56. The van der Waals surface area contributed by atoms with Gasteiger partial charge in [-0.25, -0.2) is 0 Å². The second-order valence-electron chi connectivity index (χ2n) is 3.98. The Bertz CT molecular complexity index is 544. The predicted octanol–water partition coefficient (Wildman–Crippen LogP) is 2.12. The third kappa shape index (κ3) is 3.25. The molecule has 18 heavy (non-hydrogen) atoms. The van der Waals surface area contributed by atoms with Crippen molar-refractivity contribution in [3.05, 3.63) is 59.7 Å². The van der Waals surface area contributed by atoms with E-state index >= 15 is 0 Å². The van der Waals surface area contributed by atoms with Crippen molar-refractivity contribution < 1.29 is 20.2 Å². The summed E-state index contributed by atoms with van der Waals surface area (Å²) >= 11 is 0. The number of rotatable bonds is 3. The van der Waals surface area contributed by atoms with Crippen LogP contribution >= 0.6 is 0 Å². The Morgan fingerprint density at radius 1 is 0.833 bits per heavy atom. The fraction of sp³-hybridized carbons (Fsp3) is 0.0714. The molecule has 0 aliphatic carbocycles. The summed E-state index contributed by atoms with van der Waals surface area (Å²) in [6.45, 7) is 0.321. The number of benzene rings is 2. The van der Waals surface area contributed by atoms with Crippen LogP contribution in [0.4, 0.5) is 0 Å². The van der Waals surface area contributed by atoms with Crippen LogP contribution in [-0.4, -0.2) is 26.4 Å². The largest absolute Gasteiger partial charge is 0.508 e. The molecule has 92 valence electrons. The SMILES string of the molecule is Oc1ccc(/C=[N+](\O)Cc2ccc(O)cc2)cc1. The number of phenolic OH excluding ortho intramolecular Hbond substituents is 2. The van der Waals surface area contributed by atoms with Gasteiger partial charge >= 0.3 is 0 Å². The fourth-order valence-corrected chi connectivity index (χ4v) is 1.57. The zero-order valence-electron chi connectivity index (χ0n) is 9.69. The molecule has 0 fully saturated rings. The smallest absolute Gasteiger partial charge is 0.223 e. The zero-order chi connectivity index (χ0) is 13.0. The quantitative estimate of drug-likeness (QED) is 0.335. The summed E-state index contributed by atoms with van der Waals surface area (Å²) < 4.78 is 1.05. The van der Waals surface area contributed by atoms with Crippen molar-refractivity contribution in [2.75, 3.05) is 0 Å². The van der Waals surface area contributed by atoms with E-state index in [1.807, 2.05) is 0 Å². The van der Waals surface area contributed by atoms with Crippen molar-refractivity contribution in [2.24, 2.45) is 0 Å². The van der Waals surface area contributed by atoms with Crippen LogP contribution < -0.4 is 0 Å². The summed E-state index contributed by atoms with van der Waals surface area (Å²) in [5, 5.41) is 28.0. The predicted molar refractivity (Wildman–Crippen MR) is 67.1 cm³/mol. The molecule has 3 N–H and O–H groups in total. The molecule has 0 aromatic heterocycles. The third-order valence-corrected chi connectivity index (χ3v) is 2.47. The first-order chi connectivity index (χ1) is 8.63. The minimum Gasteiger partial charge on any atom is -0.508 e. The number of hydrogen-bond donors (Lipinski definition) is 3. The zero-order valence-corrected chi connectivity index (χ0v) is 9.69. The molecule has 0 atom stereocenters. The van der Waals surface area contributed by atoms with Crippen LogP contribution in [0.3, 0.4) is 0 Å². The van der Waals surface area contributed by atoms with Crippen LogP contribution in [-0.2, 0) is 6.54 Å². The summed E-state index contributed by atoms with van der Waals surface area (Å²) in [4.78, 5) is 0. The van der Waals surface area contributed by atoms with Gasteiger partial charge in [0.2, 0.25) is 12.8 Å². The number of hydrogen-bond acceptors (Lipinski definition) is 3. The van der Waals surface area contributed by atoms with Crippen molar-refractivity contribution in [2.45, 2.75) is 6.54 Å². The van der Waals surface area contributed by atoms with E-state index in [0.29, 0.717) is 6.54 Å². The summed E-state index contributed by atoms with van der Waals surface area (Å²) in [6, 6.07) is 13.1. The Labute approximate surface area is 105 Å². The van der Waals surface area contributed by atoms with Gasteiger partial charge in [-0.2, -0.15) is 0 Å². The van der Waals surface area contributed by atoms with Gasteiger partial charge in [-0.3, -0.25) is 5.21 Å². The topological polar surface area (TPSA) is 63.7 Å². The molecule has 0 saturated carbocycles. The van der Waals surface area contributed by atoms with Gasteiger partial charge in [0.1, 0.15) is 11.5 Å². The second-order valence-corrected chi connectivity index (χ2v) is 3.98. The highest BCUT2D eigenvalue weighted by molar-refractivity contribution is 5.75. The molecule has 2 rings (SSSR count). The van der Waals surface area contributed by atoms with E-state index in [9.17, 15) is 5.21 Å². The van der Waals surface area contributed by atoms with Crippen LogP contribution in [0, 0.1) is 0 Å². The van der Waals surface area contributed by atoms with Gasteiger partial charge < -0.3 is 10.2 Å². The number of aromatic hydroxyl groups is 2. The molecule has 2 aromatic rings. The van der Waals surface area contributed by atoms with E-state index in [0.717, 1.165) is 15.9 Å². The monoisotopic (exact) mass is 244 g/mol. The molecule has 4 nitrogen and oxygen atoms in total. The van der Waals surface area contributed by atoms with E-state index in [-0.39, 0.29) is 11.5 Å². The Morgan fingerprint density at radius 3 is 1.89 bits per heavy atom. The minimum absolute atomic E-state index is 0.190. The molecular formula is C14H14NO3+. The maximum atomic E-state index is 9.75. The average Bonchev–Trinajstić information content (AvgIpc) is 2.35. The second kappa shape index (κ2) is 5.23. The molecule has 4 heteroatoms. The summed E-state index contributed by atoms with van der Waals surface area (Å²) in [5.41, 5.74) is 1.67. The highest BCUT2D eigenvalue weighted by atomic mass is 16.5. The Hall–Kier alpha value is -2.49. The maximum Gasteiger partial charge on any atom is 0.223 e. The fourth-order valence-electron chi connectivity index (χ4n) is 1.57. The molecule has 0 heterocycles. The first-order valence-electron chi connectivity index (χ1n) is 5.51. The standard InChI is InChI=1S/C14H13NO3/c16-13-5-1-11(2-6-13)9-15(18)10-12-3-7-14(17)8-4-12/h1-9,17-18H,10H2/p+1.